The van der Waals surface area contributed by atoms with Crippen molar-refractivity contribution < 1.29 is 9.59 Å². The molecule has 0 bridgehead atoms. The SMILES string of the molecule is CC[C@H](C)NC(=O)[C@@H](Cc1ccccc1)N(Cc1ccccc1Cl)C(=O)CSCc1ccc(Br)cc1. The molecular weight excluding hydrogens is 556 g/mol. The zero-order valence-electron chi connectivity index (χ0n) is 20.6. The lowest BCUT2D eigenvalue weighted by Gasteiger charge is -2.32. The van der Waals surface area contributed by atoms with Crippen molar-refractivity contribution in [2.24, 2.45) is 0 Å². The summed E-state index contributed by atoms with van der Waals surface area (Å²) in [5.74, 6) is 0.743. The van der Waals surface area contributed by atoms with Gasteiger partial charge >= 0.3 is 0 Å². The minimum absolute atomic E-state index is 0.0137. The number of rotatable bonds is 12. The van der Waals surface area contributed by atoms with Crippen LogP contribution < -0.4 is 5.32 Å². The van der Waals surface area contributed by atoms with Crippen LogP contribution in [0.3, 0.4) is 0 Å². The molecule has 2 amide bonds. The molecule has 0 saturated carbocycles. The molecule has 190 valence electrons. The zero-order valence-corrected chi connectivity index (χ0v) is 23.8. The Balaban J connectivity index is 1.86. The first-order valence-corrected chi connectivity index (χ1v) is 14.4. The van der Waals surface area contributed by atoms with Crippen molar-refractivity contribution in [2.75, 3.05) is 5.75 Å². The normalized spacial score (nSPS) is 12.6. The molecule has 0 unspecified atom stereocenters. The van der Waals surface area contributed by atoms with Gasteiger partial charge in [0, 0.05) is 34.3 Å². The molecule has 0 aromatic heterocycles. The van der Waals surface area contributed by atoms with E-state index >= 15 is 0 Å². The van der Waals surface area contributed by atoms with Crippen molar-refractivity contribution in [1.82, 2.24) is 10.2 Å². The molecule has 0 fully saturated rings. The van der Waals surface area contributed by atoms with Crippen LogP contribution in [0.15, 0.2) is 83.3 Å². The van der Waals surface area contributed by atoms with E-state index in [0.29, 0.717) is 17.2 Å². The summed E-state index contributed by atoms with van der Waals surface area (Å²) in [7, 11) is 0. The Morgan fingerprint density at radius 3 is 2.31 bits per heavy atom. The highest BCUT2D eigenvalue weighted by atomic mass is 79.9. The molecule has 4 nitrogen and oxygen atoms in total. The number of amides is 2. The molecule has 0 aliphatic heterocycles. The number of carbonyl (C=O) groups excluding carboxylic acids is 2. The Morgan fingerprint density at radius 1 is 0.972 bits per heavy atom. The predicted molar refractivity (Wildman–Crippen MR) is 154 cm³/mol. The second-order valence-electron chi connectivity index (χ2n) is 8.76. The molecule has 36 heavy (non-hydrogen) atoms. The van der Waals surface area contributed by atoms with Crippen molar-refractivity contribution in [1.29, 1.82) is 0 Å². The van der Waals surface area contributed by atoms with E-state index in [2.05, 4.69) is 21.2 Å². The molecule has 0 spiro atoms. The van der Waals surface area contributed by atoms with Gasteiger partial charge in [-0.05, 0) is 48.2 Å². The third-order valence-corrected chi connectivity index (χ3v) is 7.86. The van der Waals surface area contributed by atoms with Gasteiger partial charge in [-0.15, -0.1) is 11.8 Å². The van der Waals surface area contributed by atoms with Crippen LogP contribution in [0, 0.1) is 0 Å². The highest BCUT2D eigenvalue weighted by molar-refractivity contribution is 9.10. The summed E-state index contributed by atoms with van der Waals surface area (Å²) >= 11 is 11.5. The number of nitrogens with zero attached hydrogens (tertiary/aromatic N) is 1. The fraction of sp³-hybridized carbons (Fsp3) is 0.310. The van der Waals surface area contributed by atoms with Gasteiger partial charge in [0.05, 0.1) is 5.75 Å². The first kappa shape index (κ1) is 28.3. The summed E-state index contributed by atoms with van der Waals surface area (Å²) in [6.07, 6.45) is 1.24. The lowest BCUT2D eigenvalue weighted by atomic mass is 10.0. The summed E-state index contributed by atoms with van der Waals surface area (Å²) in [5.41, 5.74) is 2.96. The van der Waals surface area contributed by atoms with Crippen LogP contribution in [0.4, 0.5) is 0 Å². The van der Waals surface area contributed by atoms with Crippen LogP contribution in [0.2, 0.25) is 5.02 Å². The first-order valence-electron chi connectivity index (χ1n) is 12.1. The maximum absolute atomic E-state index is 13.7. The topological polar surface area (TPSA) is 49.4 Å². The van der Waals surface area contributed by atoms with Crippen LogP contribution in [0.5, 0.6) is 0 Å². The maximum atomic E-state index is 13.7. The minimum Gasteiger partial charge on any atom is -0.352 e. The maximum Gasteiger partial charge on any atom is 0.243 e. The molecule has 0 radical (unpaired) electrons. The summed E-state index contributed by atoms with van der Waals surface area (Å²) in [5, 5.41) is 3.68. The average molecular weight is 588 g/mol. The quantitative estimate of drug-likeness (QED) is 0.251. The Morgan fingerprint density at radius 2 is 1.64 bits per heavy atom. The van der Waals surface area contributed by atoms with Gasteiger partial charge in [-0.25, -0.2) is 0 Å². The largest absolute Gasteiger partial charge is 0.352 e. The van der Waals surface area contributed by atoms with E-state index in [-0.39, 0.29) is 30.2 Å². The van der Waals surface area contributed by atoms with Crippen LogP contribution in [0.1, 0.15) is 37.0 Å². The highest BCUT2D eigenvalue weighted by Crippen LogP contribution is 2.22. The number of benzene rings is 3. The third-order valence-electron chi connectivity index (χ3n) is 5.98. The molecule has 3 aromatic rings. The molecule has 2 atom stereocenters. The Bertz CT molecular complexity index is 1130. The van der Waals surface area contributed by atoms with Crippen LogP contribution >= 0.6 is 39.3 Å². The van der Waals surface area contributed by atoms with Gasteiger partial charge in [0.1, 0.15) is 6.04 Å². The van der Waals surface area contributed by atoms with Gasteiger partial charge in [-0.2, -0.15) is 0 Å². The van der Waals surface area contributed by atoms with Gasteiger partial charge < -0.3 is 10.2 Å². The monoisotopic (exact) mass is 586 g/mol. The molecule has 0 aliphatic carbocycles. The van der Waals surface area contributed by atoms with E-state index in [9.17, 15) is 9.59 Å². The number of hydrogen-bond donors (Lipinski definition) is 1. The minimum atomic E-state index is -0.654. The second-order valence-corrected chi connectivity index (χ2v) is 11.1. The molecule has 1 N–H and O–H groups in total. The van der Waals surface area contributed by atoms with Crippen molar-refractivity contribution in [2.45, 2.75) is 51.1 Å². The zero-order chi connectivity index (χ0) is 25.9. The first-order chi connectivity index (χ1) is 17.4. The smallest absolute Gasteiger partial charge is 0.243 e. The predicted octanol–water partition coefficient (Wildman–Crippen LogP) is 6.89. The van der Waals surface area contributed by atoms with Gasteiger partial charge in [-0.1, -0.05) is 95.1 Å². The average Bonchev–Trinajstić information content (AvgIpc) is 2.88. The second kappa shape index (κ2) is 14.5. The Labute approximate surface area is 231 Å². The van der Waals surface area contributed by atoms with Gasteiger partial charge in [0.25, 0.3) is 0 Å². The van der Waals surface area contributed by atoms with E-state index in [1.54, 1.807) is 16.7 Å². The molecule has 0 saturated heterocycles. The van der Waals surface area contributed by atoms with E-state index in [1.165, 1.54) is 0 Å². The Hall–Kier alpha value is -2.28. The highest BCUT2D eigenvalue weighted by Gasteiger charge is 2.31. The van der Waals surface area contributed by atoms with Crippen LogP contribution in [-0.2, 0) is 28.3 Å². The Kier molecular flexibility index (Phi) is 11.4. The van der Waals surface area contributed by atoms with Gasteiger partial charge in [0.2, 0.25) is 11.8 Å². The lowest BCUT2D eigenvalue weighted by molar-refractivity contribution is -0.139. The molecule has 3 rings (SSSR count). The van der Waals surface area contributed by atoms with Gasteiger partial charge in [-0.3, -0.25) is 9.59 Å². The third kappa shape index (κ3) is 8.68. The van der Waals surface area contributed by atoms with E-state index in [0.717, 1.165) is 27.6 Å². The number of hydrogen-bond acceptors (Lipinski definition) is 3. The van der Waals surface area contributed by atoms with Crippen molar-refractivity contribution in [3.63, 3.8) is 0 Å². The van der Waals surface area contributed by atoms with Crippen LogP contribution in [0.25, 0.3) is 0 Å². The molecule has 0 aliphatic rings. The van der Waals surface area contributed by atoms with Gasteiger partial charge in [0.15, 0.2) is 0 Å². The van der Waals surface area contributed by atoms with Crippen LogP contribution in [-0.4, -0.2) is 34.6 Å². The fourth-order valence-electron chi connectivity index (χ4n) is 3.72. The number of thioether (sulfide) groups is 1. The number of nitrogens with one attached hydrogen (secondary N) is 1. The number of carbonyl (C=O) groups is 2. The van der Waals surface area contributed by atoms with E-state index in [4.69, 9.17) is 11.6 Å². The molecule has 3 aromatic carbocycles. The molecule has 0 heterocycles. The van der Waals surface area contributed by atoms with Crippen molar-refractivity contribution >= 4 is 51.1 Å². The summed E-state index contributed by atoms with van der Waals surface area (Å²) < 4.78 is 1.02. The molecular formula is C29H32BrClN2O2S. The summed E-state index contributed by atoms with van der Waals surface area (Å²) in [6, 6.07) is 24.8. The molecule has 7 heteroatoms. The van der Waals surface area contributed by atoms with Crippen molar-refractivity contribution in [3.8, 4) is 0 Å². The van der Waals surface area contributed by atoms with Crippen molar-refractivity contribution in [3.05, 3.63) is 105 Å². The summed E-state index contributed by atoms with van der Waals surface area (Å²) in [6.45, 7) is 4.27. The number of halogens is 2. The standard InChI is InChI=1S/C29H32BrClN2O2S/c1-3-21(2)32-29(35)27(17-22-9-5-4-6-10-22)33(18-24-11-7-8-12-26(24)31)28(34)20-36-19-23-13-15-25(30)16-14-23/h4-16,21,27H,3,17-20H2,1-2H3,(H,32,35)/t21-,27+/m0/s1. The van der Waals surface area contributed by atoms with E-state index < -0.39 is 6.04 Å². The summed E-state index contributed by atoms with van der Waals surface area (Å²) in [4.78, 5) is 28.9. The lowest BCUT2D eigenvalue weighted by Crippen LogP contribution is -2.52. The fourth-order valence-corrected chi connectivity index (χ4v) is 5.06. The van der Waals surface area contributed by atoms with E-state index in [1.807, 2.05) is 92.7 Å².